The Balaban J connectivity index is 2.39. The van der Waals surface area contributed by atoms with Crippen LogP contribution in [0.3, 0.4) is 0 Å². The van der Waals surface area contributed by atoms with Gasteiger partial charge in [-0.2, -0.15) is 0 Å². The number of anilines is 1. The fourth-order valence-corrected chi connectivity index (χ4v) is 2.96. The molecule has 1 aromatic rings. The minimum Gasteiger partial charge on any atom is -0.389 e. The molecule has 2 nitrogen and oxygen atoms in total. The van der Waals surface area contributed by atoms with Crippen molar-refractivity contribution in [3.8, 4) is 0 Å². The summed E-state index contributed by atoms with van der Waals surface area (Å²) >= 11 is 4.98. The highest BCUT2D eigenvalue weighted by Crippen LogP contribution is 2.31. The Kier molecular flexibility index (Phi) is 3.85. The predicted molar refractivity (Wildman–Crippen MR) is 77.5 cm³/mol. The Morgan fingerprint density at radius 1 is 1.44 bits per heavy atom. The van der Waals surface area contributed by atoms with Crippen LogP contribution >= 0.6 is 12.2 Å². The van der Waals surface area contributed by atoms with Crippen LogP contribution in [0.4, 0.5) is 10.1 Å². The summed E-state index contributed by atoms with van der Waals surface area (Å²) in [5.74, 6) is 0.393. The van der Waals surface area contributed by atoms with E-state index in [1.807, 2.05) is 6.07 Å². The van der Waals surface area contributed by atoms with E-state index in [4.69, 9.17) is 18.0 Å². The van der Waals surface area contributed by atoms with Crippen molar-refractivity contribution < 1.29 is 4.39 Å². The lowest BCUT2D eigenvalue weighted by molar-refractivity contribution is 0.377. The molecule has 1 fully saturated rings. The average molecular weight is 266 g/mol. The third kappa shape index (κ3) is 2.48. The molecule has 2 rings (SSSR count). The molecule has 1 saturated heterocycles. The Bertz CT molecular complexity index is 461. The summed E-state index contributed by atoms with van der Waals surface area (Å²) in [5.41, 5.74) is 6.88. The lowest BCUT2D eigenvalue weighted by Crippen LogP contribution is -2.41. The monoisotopic (exact) mass is 266 g/mol. The number of thiocarbonyl (C=S) groups is 1. The van der Waals surface area contributed by atoms with Crippen LogP contribution in [0.5, 0.6) is 0 Å². The molecule has 2 N–H and O–H groups in total. The summed E-state index contributed by atoms with van der Waals surface area (Å²) in [6.07, 6.45) is 2.24. The van der Waals surface area contributed by atoms with Crippen molar-refractivity contribution in [2.45, 2.75) is 32.7 Å². The Morgan fingerprint density at radius 3 is 2.78 bits per heavy atom. The first-order valence-electron chi connectivity index (χ1n) is 6.35. The normalized spacial score (nSPS) is 24.1. The zero-order valence-corrected chi connectivity index (χ0v) is 11.6. The van der Waals surface area contributed by atoms with Gasteiger partial charge >= 0.3 is 0 Å². The van der Waals surface area contributed by atoms with Crippen molar-refractivity contribution in [3.05, 3.63) is 29.6 Å². The second-order valence-corrected chi connectivity index (χ2v) is 5.61. The maximum atomic E-state index is 13.9. The maximum Gasteiger partial charge on any atom is 0.135 e. The summed E-state index contributed by atoms with van der Waals surface area (Å²) < 4.78 is 13.9. The van der Waals surface area contributed by atoms with Crippen LogP contribution in [0.2, 0.25) is 0 Å². The van der Waals surface area contributed by atoms with Crippen molar-refractivity contribution in [2.75, 3.05) is 11.4 Å². The van der Waals surface area contributed by atoms with E-state index >= 15 is 0 Å². The van der Waals surface area contributed by atoms with E-state index in [0.717, 1.165) is 31.0 Å². The zero-order valence-electron chi connectivity index (χ0n) is 10.8. The number of hydrogen-bond donors (Lipinski definition) is 1. The van der Waals surface area contributed by atoms with Crippen LogP contribution in [0.15, 0.2) is 18.2 Å². The maximum absolute atomic E-state index is 13.9. The van der Waals surface area contributed by atoms with Gasteiger partial charge < -0.3 is 10.6 Å². The number of benzene rings is 1. The lowest BCUT2D eigenvalue weighted by atomic mass is 9.92. The molecule has 0 bridgehead atoms. The third-order valence-electron chi connectivity index (χ3n) is 3.69. The van der Waals surface area contributed by atoms with Crippen molar-refractivity contribution in [3.63, 3.8) is 0 Å². The minimum absolute atomic E-state index is 0.133. The molecule has 1 heterocycles. The van der Waals surface area contributed by atoms with E-state index in [2.05, 4.69) is 18.7 Å². The van der Waals surface area contributed by atoms with Gasteiger partial charge in [0.1, 0.15) is 10.8 Å². The van der Waals surface area contributed by atoms with Crippen molar-refractivity contribution >= 4 is 22.9 Å². The zero-order chi connectivity index (χ0) is 13.3. The van der Waals surface area contributed by atoms with Crippen LogP contribution in [0, 0.1) is 11.7 Å². The Morgan fingerprint density at radius 2 is 2.17 bits per heavy atom. The number of piperidine rings is 1. The molecule has 18 heavy (non-hydrogen) atoms. The standard InChI is InChI=1S/C14H19FN2S/c1-9-6-7-17(10(2)8-9)12-5-3-4-11(15)13(12)14(16)18/h3-5,9-10H,6-8H2,1-2H3,(H2,16,18). The van der Waals surface area contributed by atoms with Crippen LogP contribution in [-0.2, 0) is 0 Å². The molecule has 0 spiro atoms. The predicted octanol–water partition coefficient (Wildman–Crippen LogP) is 3.08. The van der Waals surface area contributed by atoms with Gasteiger partial charge in [-0.25, -0.2) is 4.39 Å². The van der Waals surface area contributed by atoms with Gasteiger partial charge in [0.25, 0.3) is 0 Å². The fraction of sp³-hybridized carbons (Fsp3) is 0.500. The van der Waals surface area contributed by atoms with E-state index in [0.29, 0.717) is 11.6 Å². The molecule has 0 saturated carbocycles. The number of nitrogens with zero attached hydrogens (tertiary/aromatic N) is 1. The van der Waals surface area contributed by atoms with Crippen molar-refractivity contribution in [1.29, 1.82) is 0 Å². The average Bonchev–Trinajstić information content (AvgIpc) is 2.28. The van der Waals surface area contributed by atoms with Gasteiger partial charge in [-0.05, 0) is 37.8 Å². The number of halogens is 1. The molecular formula is C14H19FN2S. The van der Waals surface area contributed by atoms with Crippen LogP contribution < -0.4 is 10.6 Å². The van der Waals surface area contributed by atoms with Gasteiger partial charge in [0.05, 0.1) is 11.3 Å². The molecule has 98 valence electrons. The quantitative estimate of drug-likeness (QED) is 0.834. The van der Waals surface area contributed by atoms with Crippen molar-refractivity contribution in [2.24, 2.45) is 11.7 Å². The summed E-state index contributed by atoms with van der Waals surface area (Å²) in [4.78, 5) is 2.35. The highest BCUT2D eigenvalue weighted by atomic mass is 32.1. The molecule has 0 aromatic heterocycles. The van der Waals surface area contributed by atoms with E-state index in [9.17, 15) is 4.39 Å². The van der Waals surface area contributed by atoms with Crippen LogP contribution in [0.25, 0.3) is 0 Å². The Labute approximate surface area is 113 Å². The first-order valence-corrected chi connectivity index (χ1v) is 6.76. The highest BCUT2D eigenvalue weighted by molar-refractivity contribution is 7.80. The number of rotatable bonds is 2. The lowest BCUT2D eigenvalue weighted by Gasteiger charge is -2.39. The number of nitrogens with two attached hydrogens (primary N) is 1. The van der Waals surface area contributed by atoms with Crippen LogP contribution in [-0.4, -0.2) is 17.6 Å². The molecule has 1 aromatic carbocycles. The topological polar surface area (TPSA) is 29.3 Å². The molecule has 4 heteroatoms. The molecule has 0 aliphatic carbocycles. The van der Waals surface area contributed by atoms with Crippen LogP contribution in [0.1, 0.15) is 32.3 Å². The first kappa shape index (κ1) is 13.3. The molecule has 2 unspecified atom stereocenters. The highest BCUT2D eigenvalue weighted by Gasteiger charge is 2.26. The largest absolute Gasteiger partial charge is 0.389 e. The van der Waals surface area contributed by atoms with Crippen molar-refractivity contribution in [1.82, 2.24) is 0 Å². The van der Waals surface area contributed by atoms with Gasteiger partial charge in [0, 0.05) is 12.6 Å². The van der Waals surface area contributed by atoms with E-state index in [1.165, 1.54) is 6.07 Å². The molecule has 0 radical (unpaired) electrons. The smallest absolute Gasteiger partial charge is 0.135 e. The van der Waals surface area contributed by atoms with E-state index in [-0.39, 0.29) is 10.8 Å². The van der Waals surface area contributed by atoms with E-state index < -0.39 is 0 Å². The van der Waals surface area contributed by atoms with E-state index in [1.54, 1.807) is 6.07 Å². The molecule has 1 aliphatic heterocycles. The first-order chi connectivity index (χ1) is 8.50. The number of hydrogen-bond acceptors (Lipinski definition) is 2. The van der Waals surface area contributed by atoms with Gasteiger partial charge in [-0.15, -0.1) is 0 Å². The molecule has 2 atom stereocenters. The second-order valence-electron chi connectivity index (χ2n) is 5.17. The Hall–Kier alpha value is -1.16. The SMILES string of the molecule is CC1CCN(c2cccc(F)c2C(N)=S)C(C)C1. The van der Waals surface area contributed by atoms with Gasteiger partial charge in [-0.1, -0.05) is 25.2 Å². The second kappa shape index (κ2) is 5.22. The molecular weight excluding hydrogens is 247 g/mol. The fourth-order valence-electron chi connectivity index (χ4n) is 2.76. The van der Waals surface area contributed by atoms with Gasteiger partial charge in [0.15, 0.2) is 0 Å². The third-order valence-corrected chi connectivity index (χ3v) is 3.89. The summed E-state index contributed by atoms with van der Waals surface area (Å²) in [7, 11) is 0. The molecule has 0 amide bonds. The minimum atomic E-state index is -0.328. The summed E-state index contributed by atoms with van der Waals surface area (Å²) in [5, 5.41) is 0. The summed E-state index contributed by atoms with van der Waals surface area (Å²) in [6.45, 7) is 5.36. The molecule has 1 aliphatic rings. The van der Waals surface area contributed by atoms with Gasteiger partial charge in [-0.3, -0.25) is 0 Å². The summed E-state index contributed by atoms with van der Waals surface area (Å²) in [6, 6.07) is 5.43. The van der Waals surface area contributed by atoms with Gasteiger partial charge in [0.2, 0.25) is 0 Å².